The quantitative estimate of drug-likeness (QED) is 0.0441. The van der Waals surface area contributed by atoms with Crippen molar-refractivity contribution in [3.8, 4) is 22.3 Å². The van der Waals surface area contributed by atoms with E-state index < -0.39 is 20.8 Å². The van der Waals surface area contributed by atoms with Gasteiger partial charge in [0, 0.05) is 0 Å². The van der Waals surface area contributed by atoms with Crippen LogP contribution in [0.15, 0.2) is 109 Å². The Kier molecular flexibility index (Phi) is 22.2. The van der Waals surface area contributed by atoms with Gasteiger partial charge < -0.3 is 10.5 Å². The van der Waals surface area contributed by atoms with Crippen LogP contribution in [0.1, 0.15) is 89.5 Å². The van der Waals surface area contributed by atoms with E-state index in [0.29, 0.717) is 24.7 Å². The normalized spacial score (nSPS) is 10.4. The fraction of sp³-hybridized carbons (Fsp3) is 0.333. The second kappa shape index (κ2) is 26.5. The molecule has 2 amide bonds. The molecule has 0 unspecified atom stereocenters. The fourth-order valence-electron chi connectivity index (χ4n) is 7.03. The molecule has 1 radical (unpaired) electrons. The van der Waals surface area contributed by atoms with Gasteiger partial charge in [-0.2, -0.15) is 12.1 Å². The number of benzene rings is 4. The number of hydrogen-bond donors (Lipinski definition) is 2. The minimum atomic E-state index is -0.826. The van der Waals surface area contributed by atoms with E-state index in [0.717, 1.165) is 20.4 Å². The Balaban J connectivity index is 0.000000243. The van der Waals surface area contributed by atoms with Crippen molar-refractivity contribution in [2.45, 2.75) is 92.9 Å². The topological polar surface area (TPSA) is 58.2 Å². The monoisotopic (exact) mass is 865 g/mol. The number of nitrogens with one attached hydrogen (secondary N) is 2. The molecule has 4 nitrogen and oxygen atoms in total. The van der Waals surface area contributed by atoms with Crippen LogP contribution in [0.5, 0.6) is 0 Å². The van der Waals surface area contributed by atoms with Crippen LogP contribution in [0.4, 0.5) is 0 Å². The Hall–Kier alpha value is -3.43. The summed E-state index contributed by atoms with van der Waals surface area (Å²) < 4.78 is 0. The van der Waals surface area contributed by atoms with E-state index in [4.69, 9.17) is 17.0 Å². The van der Waals surface area contributed by atoms with Crippen LogP contribution < -0.4 is 10.5 Å². The molecule has 8 heteroatoms. The summed E-state index contributed by atoms with van der Waals surface area (Å²) in [7, 11) is 11.0. The van der Waals surface area contributed by atoms with E-state index in [2.05, 4.69) is 161 Å². The van der Waals surface area contributed by atoms with Crippen molar-refractivity contribution in [1.82, 2.24) is 10.5 Å². The molecular weight excluding hydrogens is 809 g/mol. The Labute approximate surface area is 355 Å². The van der Waals surface area contributed by atoms with Gasteiger partial charge in [-0.25, -0.2) is 0 Å². The summed E-state index contributed by atoms with van der Waals surface area (Å²) >= 11 is -0.826. The molecule has 0 fully saturated rings. The Morgan fingerprint density at radius 2 is 0.982 bits per heavy atom. The first-order chi connectivity index (χ1) is 27.2. The molecule has 0 spiro atoms. The first-order valence-electron chi connectivity index (χ1n) is 19.9. The van der Waals surface area contributed by atoms with Crippen molar-refractivity contribution in [3.63, 3.8) is 0 Å². The average molecular weight is 868 g/mol. The molecule has 0 heterocycles. The van der Waals surface area contributed by atoms with Gasteiger partial charge >= 0.3 is 45.4 Å². The molecule has 0 saturated carbocycles. The summed E-state index contributed by atoms with van der Waals surface area (Å²) in [5.41, 5.74) is 11.5. The molecule has 0 aliphatic carbocycles. The first kappa shape index (κ1) is 46.9. The summed E-state index contributed by atoms with van der Waals surface area (Å²) in [4.78, 5) is 18.8. The van der Waals surface area contributed by atoms with Gasteiger partial charge in [0.15, 0.2) is 12.8 Å². The number of rotatable bonds is 16. The van der Waals surface area contributed by atoms with Crippen molar-refractivity contribution in [2.24, 2.45) is 11.8 Å². The van der Waals surface area contributed by atoms with E-state index in [-0.39, 0.29) is 0 Å². The second-order valence-electron chi connectivity index (χ2n) is 14.8. The van der Waals surface area contributed by atoms with E-state index in [9.17, 15) is 9.59 Å². The molecule has 0 bridgehead atoms. The first-order valence-corrected chi connectivity index (χ1v) is 26.2. The van der Waals surface area contributed by atoms with Gasteiger partial charge in [0.2, 0.25) is 0 Å². The van der Waals surface area contributed by atoms with Gasteiger partial charge in [-0.3, -0.25) is 9.59 Å². The third-order valence-corrected chi connectivity index (χ3v) is 9.43. The standard InChI is InChI=1S/2C23H27.C2H4BN2O2.2ClH.Zr/c2*1-4-5-9-18-15-20-11-8-13-22(23(20)16-18)21-12-7-6-10-19(21)14-17(2)3;6-1-4-3-5-2-7;;;/h2*6-8,10-13,15-17H,4-5,9,14H2,1-3H3;1-2H,(H,4,6)(H,5,7);2*1H;/q2*-1;;;;+4/p-2. The predicted octanol–water partition coefficient (Wildman–Crippen LogP) is 12.9. The van der Waals surface area contributed by atoms with Gasteiger partial charge in [0.1, 0.15) is 0 Å². The molecule has 0 atom stereocenters. The summed E-state index contributed by atoms with van der Waals surface area (Å²) in [6.45, 7) is 13.7. The molecule has 0 aliphatic rings. The van der Waals surface area contributed by atoms with Gasteiger partial charge in [0.25, 0.3) is 0 Å². The van der Waals surface area contributed by atoms with E-state index in [1.807, 2.05) is 0 Å². The molecule has 0 aromatic heterocycles. The number of unbranched alkanes of at least 4 members (excludes halogenated alkanes) is 2. The molecule has 0 saturated heterocycles. The minimum absolute atomic E-state index is 0.455. The van der Waals surface area contributed by atoms with Crippen LogP contribution in [0.25, 0.3) is 43.8 Å². The number of aryl methyl sites for hydroxylation is 2. The molecule has 56 heavy (non-hydrogen) atoms. The van der Waals surface area contributed by atoms with Crippen molar-refractivity contribution in [1.29, 1.82) is 0 Å². The van der Waals surface area contributed by atoms with Crippen molar-refractivity contribution in [3.05, 3.63) is 131 Å². The molecule has 6 aromatic carbocycles. The molecular formula is C48H58BCl2N2O2Zr. The second-order valence-corrected chi connectivity index (χ2v) is 18.6. The molecule has 293 valence electrons. The number of amides is 2. The maximum atomic E-state index is 9.38. The van der Waals surface area contributed by atoms with Crippen LogP contribution in [-0.2, 0) is 56.1 Å². The summed E-state index contributed by atoms with van der Waals surface area (Å²) in [6, 6.07) is 40.8. The van der Waals surface area contributed by atoms with Gasteiger partial charge in [-0.1, -0.05) is 139 Å². The third kappa shape index (κ3) is 15.1. The van der Waals surface area contributed by atoms with Gasteiger partial charge in [-0.15, -0.1) is 69.1 Å². The fourth-order valence-corrected chi connectivity index (χ4v) is 7.03. The number of carbonyl (C=O) groups is 2. The van der Waals surface area contributed by atoms with Crippen LogP contribution in [-0.4, -0.2) is 20.4 Å². The third-order valence-electron chi connectivity index (χ3n) is 9.43. The zero-order valence-corrected chi connectivity index (χ0v) is 38.0. The zero-order chi connectivity index (χ0) is 40.7. The molecule has 0 aliphatic heterocycles. The van der Waals surface area contributed by atoms with Crippen LogP contribution >= 0.6 is 17.0 Å². The Morgan fingerprint density at radius 3 is 1.34 bits per heavy atom. The zero-order valence-electron chi connectivity index (χ0n) is 34.0. The molecule has 2 N–H and O–H groups in total. The molecule has 6 aromatic rings. The van der Waals surface area contributed by atoms with Crippen molar-refractivity contribution < 1.29 is 30.4 Å². The van der Waals surface area contributed by atoms with Crippen LogP contribution in [0.3, 0.4) is 0 Å². The SMILES string of the molecule is CCCCc1cc2c(-c3ccccc3CC(C)C)cccc2[cH-]1.CCCCc1cc2c(-c3ccccc3CC(C)C)cccc2[cH-]1.O=CN[B]NC=O.[Cl][Zr+2][Cl]. The average Bonchev–Trinajstić information content (AvgIpc) is 3.81. The van der Waals surface area contributed by atoms with E-state index >= 15 is 0 Å². The van der Waals surface area contributed by atoms with Crippen molar-refractivity contribution in [2.75, 3.05) is 0 Å². The summed E-state index contributed by atoms with van der Waals surface area (Å²) in [6.07, 6.45) is 10.6. The van der Waals surface area contributed by atoms with E-state index in [1.54, 1.807) is 0 Å². The Bertz CT molecular complexity index is 1890. The summed E-state index contributed by atoms with van der Waals surface area (Å²) in [5.74, 6) is 1.35. The molecule has 6 rings (SSSR count). The van der Waals surface area contributed by atoms with Crippen molar-refractivity contribution >= 4 is 58.9 Å². The number of carbonyl (C=O) groups excluding carboxylic acids is 2. The van der Waals surface area contributed by atoms with Gasteiger partial charge in [-0.05, 0) is 59.8 Å². The van der Waals surface area contributed by atoms with E-state index in [1.165, 1.54) is 105 Å². The summed E-state index contributed by atoms with van der Waals surface area (Å²) in [5, 5.41) is 9.79. The van der Waals surface area contributed by atoms with Crippen LogP contribution in [0.2, 0.25) is 0 Å². The van der Waals surface area contributed by atoms with Crippen LogP contribution in [0, 0.1) is 11.8 Å². The van der Waals surface area contributed by atoms with Gasteiger partial charge in [0.05, 0.1) is 0 Å². The maximum absolute atomic E-state index is 9.38. The Morgan fingerprint density at radius 1 is 0.607 bits per heavy atom. The number of hydrogen-bond acceptors (Lipinski definition) is 2. The predicted molar refractivity (Wildman–Crippen MR) is 240 cm³/mol. The number of halogens is 2. The number of fused-ring (bicyclic) bond motifs is 2.